The summed E-state index contributed by atoms with van der Waals surface area (Å²) in [5.41, 5.74) is 1.17. The quantitative estimate of drug-likeness (QED) is 0.211. The molecule has 9 heteroatoms. The van der Waals surface area contributed by atoms with Crippen molar-refractivity contribution in [3.8, 4) is 11.5 Å². The van der Waals surface area contributed by atoms with Crippen LogP contribution in [-0.4, -0.2) is 23.3 Å². The van der Waals surface area contributed by atoms with Crippen LogP contribution in [0.5, 0.6) is 11.5 Å². The van der Waals surface area contributed by atoms with Crippen molar-refractivity contribution in [1.82, 2.24) is 0 Å². The second-order valence-corrected chi connectivity index (χ2v) is 8.89. The van der Waals surface area contributed by atoms with Gasteiger partial charge in [0.15, 0.2) is 15.8 Å². The molecule has 0 unspecified atom stereocenters. The highest BCUT2D eigenvalue weighted by atomic mass is 32.2. The van der Waals surface area contributed by atoms with Gasteiger partial charge in [-0.2, -0.15) is 0 Å². The number of carbonyl (C=O) groups is 2. The van der Waals surface area contributed by atoms with Gasteiger partial charge in [0.05, 0.1) is 17.7 Å². The Kier molecular flexibility index (Phi) is 6.17. The molecule has 0 spiro atoms. The van der Waals surface area contributed by atoms with Crippen molar-refractivity contribution in [1.29, 1.82) is 0 Å². The molecule has 0 N–H and O–H groups in total. The number of hydrogen-bond donors (Lipinski definition) is 0. The Hall–Kier alpha value is -3.01. The number of methoxy groups -OCH3 is 1. The van der Waals surface area contributed by atoms with Crippen molar-refractivity contribution in [2.24, 2.45) is 0 Å². The van der Waals surface area contributed by atoms with Crippen LogP contribution in [0.1, 0.15) is 15.2 Å². The van der Waals surface area contributed by atoms with Crippen molar-refractivity contribution in [2.45, 2.75) is 0 Å². The van der Waals surface area contributed by atoms with Gasteiger partial charge in [0.1, 0.15) is 10.7 Å². The zero-order valence-corrected chi connectivity index (χ0v) is 18.5. The number of thiocarbonyl (C=S) groups is 1. The van der Waals surface area contributed by atoms with Crippen LogP contribution in [0.15, 0.2) is 64.9 Å². The summed E-state index contributed by atoms with van der Waals surface area (Å²) in [5, 5.41) is 1.79. The summed E-state index contributed by atoms with van der Waals surface area (Å²) in [6.07, 6.45) is 1.68. The summed E-state index contributed by atoms with van der Waals surface area (Å²) >= 11 is 7.77. The standard InChI is InChI=1S/C22H14FNO4S3/c1-27-17-11-13(4-9-16(17)28-21(26)18-3-2-10-30-18)12-19-20(25)24(22(29)31-19)15-7-5-14(23)6-8-15/h2-12H,1H3. The number of halogens is 1. The Balaban J connectivity index is 1.57. The Labute approximate surface area is 191 Å². The molecule has 1 aromatic heterocycles. The van der Waals surface area contributed by atoms with Crippen LogP contribution in [0.25, 0.3) is 6.08 Å². The minimum Gasteiger partial charge on any atom is -0.493 e. The average Bonchev–Trinajstić information content (AvgIpc) is 3.39. The molecule has 0 atom stereocenters. The zero-order chi connectivity index (χ0) is 22.0. The molecule has 1 aliphatic heterocycles. The molecule has 31 heavy (non-hydrogen) atoms. The normalized spacial score (nSPS) is 14.9. The summed E-state index contributed by atoms with van der Waals surface area (Å²) in [6, 6.07) is 14.0. The van der Waals surface area contributed by atoms with Gasteiger partial charge in [-0.3, -0.25) is 9.69 Å². The van der Waals surface area contributed by atoms with E-state index in [1.54, 1.807) is 41.8 Å². The number of hydrogen-bond acceptors (Lipinski definition) is 7. The molecule has 156 valence electrons. The first-order valence-corrected chi connectivity index (χ1v) is 11.0. The molecule has 1 fully saturated rings. The third kappa shape index (κ3) is 4.53. The molecule has 3 aromatic rings. The van der Waals surface area contributed by atoms with E-state index in [1.807, 2.05) is 0 Å². The van der Waals surface area contributed by atoms with Crippen LogP contribution in [0.2, 0.25) is 0 Å². The predicted octanol–water partition coefficient (Wildman–Crippen LogP) is 5.52. The van der Waals surface area contributed by atoms with E-state index in [2.05, 4.69) is 0 Å². The molecule has 4 rings (SSSR count). The summed E-state index contributed by atoms with van der Waals surface area (Å²) in [4.78, 5) is 27.3. The fourth-order valence-electron chi connectivity index (χ4n) is 2.84. The minimum atomic E-state index is -0.471. The van der Waals surface area contributed by atoms with Gasteiger partial charge in [-0.1, -0.05) is 36.1 Å². The molecule has 0 aliphatic carbocycles. The van der Waals surface area contributed by atoms with Gasteiger partial charge >= 0.3 is 5.97 Å². The maximum absolute atomic E-state index is 13.2. The number of nitrogens with zero attached hydrogens (tertiary/aromatic N) is 1. The molecular formula is C22H14FNO4S3. The van der Waals surface area contributed by atoms with Crippen LogP contribution in [0, 0.1) is 5.82 Å². The van der Waals surface area contributed by atoms with E-state index in [0.29, 0.717) is 31.1 Å². The van der Waals surface area contributed by atoms with E-state index in [4.69, 9.17) is 21.7 Å². The largest absolute Gasteiger partial charge is 0.493 e. The second kappa shape index (κ2) is 9.01. The van der Waals surface area contributed by atoms with E-state index >= 15 is 0 Å². The lowest BCUT2D eigenvalue weighted by molar-refractivity contribution is -0.113. The van der Waals surface area contributed by atoms with E-state index in [9.17, 15) is 14.0 Å². The minimum absolute atomic E-state index is 0.275. The third-order valence-corrected chi connectivity index (χ3v) is 6.44. The zero-order valence-electron chi connectivity index (χ0n) is 16.0. The van der Waals surface area contributed by atoms with Crippen molar-refractivity contribution >= 4 is 63.3 Å². The monoisotopic (exact) mass is 471 g/mol. The molecule has 2 heterocycles. The number of amides is 1. The van der Waals surface area contributed by atoms with E-state index in [0.717, 1.165) is 11.8 Å². The van der Waals surface area contributed by atoms with Crippen molar-refractivity contribution < 1.29 is 23.5 Å². The Morgan fingerprint density at radius 1 is 1.13 bits per heavy atom. The van der Waals surface area contributed by atoms with Gasteiger partial charge in [-0.15, -0.1) is 11.3 Å². The third-order valence-electron chi connectivity index (χ3n) is 4.29. The summed E-state index contributed by atoms with van der Waals surface area (Å²) < 4.78 is 24.3. The Bertz CT molecular complexity index is 1190. The van der Waals surface area contributed by atoms with Crippen molar-refractivity contribution in [3.63, 3.8) is 0 Å². The van der Waals surface area contributed by atoms with Crippen LogP contribution in [0.4, 0.5) is 10.1 Å². The number of anilines is 1. The summed E-state index contributed by atoms with van der Waals surface area (Å²) in [6.45, 7) is 0. The first kappa shape index (κ1) is 21.2. The lowest BCUT2D eigenvalue weighted by Gasteiger charge is -2.14. The summed E-state index contributed by atoms with van der Waals surface area (Å²) in [7, 11) is 1.47. The smallest absolute Gasteiger partial charge is 0.353 e. The SMILES string of the molecule is COc1cc(C=C2SC(=S)N(c3ccc(F)cc3)C2=O)ccc1OC(=O)c1cccs1. The highest BCUT2D eigenvalue weighted by molar-refractivity contribution is 8.27. The number of thiophene rings is 1. The van der Waals surface area contributed by atoms with Gasteiger partial charge < -0.3 is 9.47 Å². The van der Waals surface area contributed by atoms with Crippen molar-refractivity contribution in [2.75, 3.05) is 12.0 Å². The molecule has 1 amide bonds. The maximum atomic E-state index is 13.2. The first-order chi connectivity index (χ1) is 15.0. The van der Waals surface area contributed by atoms with Gasteiger partial charge in [0.25, 0.3) is 5.91 Å². The lowest BCUT2D eigenvalue weighted by atomic mass is 10.1. The highest BCUT2D eigenvalue weighted by Crippen LogP contribution is 2.37. The van der Waals surface area contributed by atoms with Crippen LogP contribution < -0.4 is 14.4 Å². The second-order valence-electron chi connectivity index (χ2n) is 6.27. The number of esters is 1. The molecule has 5 nitrogen and oxygen atoms in total. The number of rotatable bonds is 5. The number of thioether (sulfide) groups is 1. The first-order valence-electron chi connectivity index (χ1n) is 8.93. The highest BCUT2D eigenvalue weighted by Gasteiger charge is 2.33. The van der Waals surface area contributed by atoms with Crippen LogP contribution >= 0.6 is 35.3 Å². The van der Waals surface area contributed by atoms with Crippen molar-refractivity contribution in [3.05, 3.63) is 81.1 Å². The van der Waals surface area contributed by atoms with Crippen LogP contribution in [0.3, 0.4) is 0 Å². The molecule has 0 saturated carbocycles. The van der Waals surface area contributed by atoms with Gasteiger partial charge in [0, 0.05) is 0 Å². The average molecular weight is 472 g/mol. The topological polar surface area (TPSA) is 55.8 Å². The van der Waals surface area contributed by atoms with E-state index < -0.39 is 11.8 Å². The fourth-order valence-corrected chi connectivity index (χ4v) is 4.73. The van der Waals surface area contributed by atoms with Crippen LogP contribution in [-0.2, 0) is 4.79 Å². The molecule has 0 bridgehead atoms. The van der Waals surface area contributed by atoms with E-state index in [1.165, 1.54) is 47.6 Å². The van der Waals surface area contributed by atoms with Gasteiger partial charge in [0.2, 0.25) is 0 Å². The number of carbonyl (C=O) groups excluding carboxylic acids is 2. The van der Waals surface area contributed by atoms with Gasteiger partial charge in [-0.05, 0) is 59.5 Å². The molecule has 2 aromatic carbocycles. The van der Waals surface area contributed by atoms with Gasteiger partial charge in [-0.25, -0.2) is 9.18 Å². The lowest BCUT2D eigenvalue weighted by Crippen LogP contribution is -2.27. The summed E-state index contributed by atoms with van der Waals surface area (Å²) in [5.74, 6) is -0.531. The number of ether oxygens (including phenoxy) is 2. The fraction of sp³-hybridized carbons (Fsp3) is 0.0455. The number of benzene rings is 2. The van der Waals surface area contributed by atoms with E-state index in [-0.39, 0.29) is 11.7 Å². The maximum Gasteiger partial charge on any atom is 0.353 e. The molecule has 1 aliphatic rings. The molecule has 1 saturated heterocycles. The molecular weight excluding hydrogens is 457 g/mol. The Morgan fingerprint density at radius 3 is 2.58 bits per heavy atom. The predicted molar refractivity (Wildman–Crippen MR) is 124 cm³/mol. The Morgan fingerprint density at radius 2 is 1.90 bits per heavy atom. The molecule has 0 radical (unpaired) electrons.